The summed E-state index contributed by atoms with van der Waals surface area (Å²) in [6, 6.07) is 15.9. The van der Waals surface area contributed by atoms with Crippen molar-refractivity contribution in [1.29, 1.82) is 5.26 Å². The van der Waals surface area contributed by atoms with E-state index in [-0.39, 0.29) is 5.91 Å². The molecule has 0 saturated carbocycles. The van der Waals surface area contributed by atoms with Gasteiger partial charge in [0.2, 0.25) is 6.10 Å². The molecule has 0 N–H and O–H groups in total. The summed E-state index contributed by atoms with van der Waals surface area (Å²) in [4.78, 5) is 13.9. The Morgan fingerprint density at radius 1 is 1.23 bits per heavy atom. The van der Waals surface area contributed by atoms with E-state index in [1.54, 1.807) is 26.2 Å². The zero-order valence-electron chi connectivity index (χ0n) is 12.3. The van der Waals surface area contributed by atoms with Gasteiger partial charge in [0.1, 0.15) is 5.75 Å². The van der Waals surface area contributed by atoms with Gasteiger partial charge in [-0.05, 0) is 18.2 Å². The van der Waals surface area contributed by atoms with Crippen molar-refractivity contribution in [2.75, 3.05) is 14.1 Å². The average Bonchev–Trinajstić information content (AvgIpc) is 2.53. The number of halogens is 1. The third kappa shape index (κ3) is 3.57. The number of hydrogen-bond donors (Lipinski definition) is 0. The van der Waals surface area contributed by atoms with Gasteiger partial charge >= 0.3 is 0 Å². The zero-order chi connectivity index (χ0) is 16.1. The van der Waals surface area contributed by atoms with Crippen LogP contribution in [0.5, 0.6) is 5.75 Å². The lowest BCUT2D eigenvalue weighted by atomic mass is 10.1. The molecular formula is C17H15ClN2O2. The van der Waals surface area contributed by atoms with Crippen molar-refractivity contribution < 1.29 is 9.53 Å². The van der Waals surface area contributed by atoms with Crippen molar-refractivity contribution in [2.24, 2.45) is 0 Å². The normalized spacial score (nSPS) is 11.4. The maximum atomic E-state index is 12.4. The Hall–Kier alpha value is -2.51. The van der Waals surface area contributed by atoms with Gasteiger partial charge in [0.05, 0.1) is 16.7 Å². The van der Waals surface area contributed by atoms with Crippen LogP contribution < -0.4 is 4.74 Å². The lowest BCUT2D eigenvalue weighted by Gasteiger charge is -2.22. The second-order valence-electron chi connectivity index (χ2n) is 4.90. The highest BCUT2D eigenvalue weighted by Gasteiger charge is 2.25. The van der Waals surface area contributed by atoms with Crippen LogP contribution >= 0.6 is 11.6 Å². The molecule has 2 aromatic rings. The van der Waals surface area contributed by atoms with Crippen molar-refractivity contribution in [1.82, 2.24) is 4.90 Å². The molecule has 0 saturated heterocycles. The van der Waals surface area contributed by atoms with Crippen LogP contribution in [0.1, 0.15) is 17.2 Å². The zero-order valence-corrected chi connectivity index (χ0v) is 13.0. The van der Waals surface area contributed by atoms with Gasteiger partial charge in [-0.15, -0.1) is 0 Å². The summed E-state index contributed by atoms with van der Waals surface area (Å²) in [6.45, 7) is 0. The summed E-state index contributed by atoms with van der Waals surface area (Å²) in [7, 11) is 3.34. The second kappa shape index (κ2) is 6.97. The molecule has 112 valence electrons. The Labute approximate surface area is 134 Å². The summed E-state index contributed by atoms with van der Waals surface area (Å²) in [5.74, 6) is 0.177. The molecule has 0 aliphatic carbocycles. The SMILES string of the molecule is CN(C)C(=O)[C@H](Oc1ccc(C#N)cc1Cl)c1ccccc1. The maximum Gasteiger partial charge on any atom is 0.267 e. The number of nitrogens with zero attached hydrogens (tertiary/aromatic N) is 2. The maximum absolute atomic E-state index is 12.4. The Bertz CT molecular complexity index is 708. The quantitative estimate of drug-likeness (QED) is 0.869. The molecule has 0 fully saturated rings. The summed E-state index contributed by atoms with van der Waals surface area (Å²) in [5, 5.41) is 9.16. The van der Waals surface area contributed by atoms with Crippen LogP contribution in [0.4, 0.5) is 0 Å². The fraction of sp³-hybridized carbons (Fsp3) is 0.176. The Balaban J connectivity index is 2.35. The number of amides is 1. The van der Waals surface area contributed by atoms with E-state index in [2.05, 4.69) is 0 Å². The first-order valence-corrected chi connectivity index (χ1v) is 7.03. The lowest BCUT2D eigenvalue weighted by molar-refractivity contribution is -0.136. The number of rotatable bonds is 4. The molecule has 2 aromatic carbocycles. The highest BCUT2D eigenvalue weighted by Crippen LogP contribution is 2.30. The molecule has 0 aliphatic rings. The van der Waals surface area contributed by atoms with Crippen molar-refractivity contribution >= 4 is 17.5 Å². The fourth-order valence-electron chi connectivity index (χ4n) is 1.92. The topological polar surface area (TPSA) is 53.3 Å². The Morgan fingerprint density at radius 2 is 1.91 bits per heavy atom. The number of carbonyl (C=O) groups excluding carboxylic acids is 1. The van der Waals surface area contributed by atoms with Crippen molar-refractivity contribution in [2.45, 2.75) is 6.10 Å². The van der Waals surface area contributed by atoms with Gasteiger partial charge in [0.15, 0.2) is 0 Å². The van der Waals surface area contributed by atoms with E-state index in [4.69, 9.17) is 21.6 Å². The molecule has 0 heterocycles. The van der Waals surface area contributed by atoms with Crippen LogP contribution in [0, 0.1) is 11.3 Å². The number of nitriles is 1. The van der Waals surface area contributed by atoms with Gasteiger partial charge in [-0.3, -0.25) is 4.79 Å². The van der Waals surface area contributed by atoms with Gasteiger partial charge in [0.25, 0.3) is 5.91 Å². The number of likely N-dealkylation sites (N-methyl/N-ethyl adjacent to an activating group) is 1. The van der Waals surface area contributed by atoms with Crippen LogP contribution in [-0.2, 0) is 4.79 Å². The standard InChI is InChI=1S/C17H15ClN2O2/c1-20(2)17(21)16(13-6-4-3-5-7-13)22-15-9-8-12(11-19)10-14(15)18/h3-10,16H,1-2H3/t16-/m1/s1. The third-order valence-corrected chi connectivity index (χ3v) is 3.37. The van der Waals surface area contributed by atoms with Crippen LogP contribution in [0.3, 0.4) is 0 Å². The van der Waals surface area contributed by atoms with Crippen LogP contribution in [0.2, 0.25) is 5.02 Å². The van der Waals surface area contributed by atoms with E-state index in [0.29, 0.717) is 16.3 Å². The molecule has 0 aromatic heterocycles. The van der Waals surface area contributed by atoms with Gasteiger partial charge in [-0.25, -0.2) is 0 Å². The monoisotopic (exact) mass is 314 g/mol. The largest absolute Gasteiger partial charge is 0.474 e. The molecule has 0 unspecified atom stereocenters. The molecule has 1 amide bonds. The molecule has 0 aliphatic heterocycles. The fourth-order valence-corrected chi connectivity index (χ4v) is 2.14. The van der Waals surface area contributed by atoms with Gasteiger partial charge < -0.3 is 9.64 Å². The molecule has 0 spiro atoms. The van der Waals surface area contributed by atoms with Crippen molar-refractivity contribution in [3.05, 3.63) is 64.7 Å². The number of hydrogen-bond acceptors (Lipinski definition) is 3. The summed E-state index contributed by atoms with van der Waals surface area (Å²) in [5.41, 5.74) is 1.18. The highest BCUT2D eigenvalue weighted by molar-refractivity contribution is 6.32. The first-order chi connectivity index (χ1) is 10.5. The van der Waals surface area contributed by atoms with Crippen LogP contribution in [0.25, 0.3) is 0 Å². The molecular weight excluding hydrogens is 300 g/mol. The molecule has 0 radical (unpaired) electrons. The molecule has 5 heteroatoms. The molecule has 4 nitrogen and oxygen atoms in total. The van der Waals surface area contributed by atoms with E-state index in [1.165, 1.54) is 11.0 Å². The Morgan fingerprint density at radius 3 is 2.45 bits per heavy atom. The van der Waals surface area contributed by atoms with Gasteiger partial charge in [0, 0.05) is 19.7 Å². The van der Waals surface area contributed by atoms with E-state index in [0.717, 1.165) is 5.56 Å². The lowest BCUT2D eigenvalue weighted by Crippen LogP contribution is -2.31. The first-order valence-electron chi connectivity index (χ1n) is 6.65. The van der Waals surface area contributed by atoms with Crippen LogP contribution in [0.15, 0.2) is 48.5 Å². The third-order valence-electron chi connectivity index (χ3n) is 3.07. The minimum absolute atomic E-state index is 0.188. The van der Waals surface area contributed by atoms with Crippen LogP contribution in [-0.4, -0.2) is 24.9 Å². The van der Waals surface area contributed by atoms with Gasteiger partial charge in [-0.1, -0.05) is 41.9 Å². The molecule has 22 heavy (non-hydrogen) atoms. The number of benzene rings is 2. The highest BCUT2D eigenvalue weighted by atomic mass is 35.5. The van der Waals surface area contributed by atoms with E-state index in [9.17, 15) is 4.79 Å². The minimum atomic E-state index is -0.790. The summed E-state index contributed by atoms with van der Waals surface area (Å²) < 4.78 is 5.82. The first kappa shape index (κ1) is 15.9. The molecule has 1 atom stereocenters. The summed E-state index contributed by atoms with van der Waals surface area (Å²) >= 11 is 6.12. The van der Waals surface area contributed by atoms with Gasteiger partial charge in [-0.2, -0.15) is 5.26 Å². The van der Waals surface area contributed by atoms with Crippen molar-refractivity contribution in [3.8, 4) is 11.8 Å². The predicted octanol–water partition coefficient (Wildman–Crippen LogP) is 3.42. The summed E-state index contributed by atoms with van der Waals surface area (Å²) in [6.07, 6.45) is -0.790. The molecule has 0 bridgehead atoms. The molecule has 2 rings (SSSR count). The van der Waals surface area contributed by atoms with E-state index in [1.807, 2.05) is 36.4 Å². The second-order valence-corrected chi connectivity index (χ2v) is 5.31. The Kier molecular flexibility index (Phi) is 5.03. The van der Waals surface area contributed by atoms with Crippen molar-refractivity contribution in [3.63, 3.8) is 0 Å². The minimum Gasteiger partial charge on any atom is -0.474 e. The predicted molar refractivity (Wildman–Crippen MR) is 84.7 cm³/mol. The number of carbonyl (C=O) groups is 1. The van der Waals surface area contributed by atoms with E-state index >= 15 is 0 Å². The van der Waals surface area contributed by atoms with E-state index < -0.39 is 6.10 Å². The average molecular weight is 315 g/mol. The number of ether oxygens (including phenoxy) is 1. The smallest absolute Gasteiger partial charge is 0.267 e.